The van der Waals surface area contributed by atoms with E-state index in [4.69, 9.17) is 27.5 Å². The van der Waals surface area contributed by atoms with Gasteiger partial charge in [-0.2, -0.15) is 0 Å². The van der Waals surface area contributed by atoms with Crippen molar-refractivity contribution in [1.29, 1.82) is 5.41 Å². The fraction of sp³-hybridized carbons (Fsp3) is 0.500. The molecule has 0 unspecified atom stereocenters. The quantitative estimate of drug-likeness (QED) is 0.426. The molecule has 100 valence electrons. The van der Waals surface area contributed by atoms with Crippen LogP contribution in [0.2, 0.25) is 5.02 Å². The Kier molecular flexibility index (Phi) is 6.58. The van der Waals surface area contributed by atoms with Crippen LogP contribution in [0.15, 0.2) is 18.2 Å². The summed E-state index contributed by atoms with van der Waals surface area (Å²) in [7, 11) is 0. The van der Waals surface area contributed by atoms with Gasteiger partial charge in [0.15, 0.2) is 0 Å². The number of nitrogens with two attached hydrogens (primary N) is 1. The topological polar surface area (TPSA) is 59.1 Å². The van der Waals surface area contributed by atoms with Crippen molar-refractivity contribution in [1.82, 2.24) is 0 Å². The average molecular weight is 269 g/mol. The monoisotopic (exact) mass is 268 g/mol. The lowest BCUT2D eigenvalue weighted by Gasteiger charge is -2.11. The molecule has 0 aliphatic rings. The SMILES string of the molecule is CCCCCCCOc1cc(Cl)ccc1C(=N)N. The van der Waals surface area contributed by atoms with Crippen LogP contribution >= 0.6 is 11.6 Å². The lowest BCUT2D eigenvalue weighted by molar-refractivity contribution is 0.304. The van der Waals surface area contributed by atoms with Gasteiger partial charge in [0.1, 0.15) is 11.6 Å². The van der Waals surface area contributed by atoms with E-state index in [2.05, 4.69) is 6.92 Å². The standard InChI is InChI=1S/C14H21ClN2O/c1-2-3-4-5-6-9-18-13-10-11(15)7-8-12(13)14(16)17/h7-8,10H,2-6,9H2,1H3,(H3,16,17). The Bertz CT molecular complexity index is 393. The van der Waals surface area contributed by atoms with Crippen molar-refractivity contribution in [3.63, 3.8) is 0 Å². The molecule has 3 nitrogen and oxygen atoms in total. The molecule has 1 rings (SSSR count). The zero-order chi connectivity index (χ0) is 13.4. The Hall–Kier alpha value is -1.22. The van der Waals surface area contributed by atoms with Gasteiger partial charge >= 0.3 is 0 Å². The summed E-state index contributed by atoms with van der Waals surface area (Å²) in [6.45, 7) is 2.84. The fourth-order valence-corrected chi connectivity index (χ4v) is 1.89. The summed E-state index contributed by atoms with van der Waals surface area (Å²) in [5, 5.41) is 8.07. The summed E-state index contributed by atoms with van der Waals surface area (Å²) in [6.07, 6.45) is 5.95. The molecule has 0 spiro atoms. The molecular formula is C14H21ClN2O. The lowest BCUT2D eigenvalue weighted by Crippen LogP contribution is -2.13. The van der Waals surface area contributed by atoms with Crippen molar-refractivity contribution in [3.05, 3.63) is 28.8 Å². The van der Waals surface area contributed by atoms with E-state index in [9.17, 15) is 0 Å². The highest BCUT2D eigenvalue weighted by atomic mass is 35.5. The Morgan fingerprint density at radius 3 is 2.67 bits per heavy atom. The number of benzene rings is 1. The first-order valence-electron chi connectivity index (χ1n) is 6.42. The molecule has 0 aliphatic carbocycles. The number of nitrogen functional groups attached to an aromatic ring is 1. The summed E-state index contributed by atoms with van der Waals surface area (Å²) in [5.41, 5.74) is 6.10. The van der Waals surface area contributed by atoms with Crippen LogP contribution in [0.25, 0.3) is 0 Å². The molecule has 0 fully saturated rings. The van der Waals surface area contributed by atoms with Gasteiger partial charge in [0, 0.05) is 5.02 Å². The van der Waals surface area contributed by atoms with Gasteiger partial charge in [0.25, 0.3) is 0 Å². The van der Waals surface area contributed by atoms with Gasteiger partial charge in [0.05, 0.1) is 12.2 Å². The molecule has 0 radical (unpaired) electrons. The van der Waals surface area contributed by atoms with Crippen molar-refractivity contribution in [2.45, 2.75) is 39.0 Å². The fourth-order valence-electron chi connectivity index (χ4n) is 1.73. The van der Waals surface area contributed by atoms with Gasteiger partial charge in [-0.05, 0) is 24.6 Å². The molecule has 0 aromatic heterocycles. The Labute approximate surface area is 114 Å². The van der Waals surface area contributed by atoms with Crippen LogP contribution in [0.4, 0.5) is 0 Å². The van der Waals surface area contributed by atoms with Crippen molar-refractivity contribution in [2.24, 2.45) is 5.73 Å². The summed E-state index contributed by atoms with van der Waals surface area (Å²) in [5.74, 6) is 0.609. The second kappa shape index (κ2) is 7.98. The molecule has 0 amide bonds. The predicted octanol–water partition coefficient (Wildman–Crippen LogP) is 3.97. The molecular weight excluding hydrogens is 248 g/mol. The first-order chi connectivity index (χ1) is 8.65. The van der Waals surface area contributed by atoms with Crippen LogP contribution < -0.4 is 10.5 Å². The van der Waals surface area contributed by atoms with Crippen molar-refractivity contribution in [2.75, 3.05) is 6.61 Å². The van der Waals surface area contributed by atoms with Gasteiger partial charge in [0.2, 0.25) is 0 Å². The van der Waals surface area contributed by atoms with E-state index in [0.29, 0.717) is 22.9 Å². The number of hydrogen-bond donors (Lipinski definition) is 2. The molecule has 18 heavy (non-hydrogen) atoms. The van der Waals surface area contributed by atoms with Gasteiger partial charge in [-0.15, -0.1) is 0 Å². The maximum absolute atomic E-state index is 7.47. The van der Waals surface area contributed by atoms with E-state index in [0.717, 1.165) is 6.42 Å². The molecule has 4 heteroatoms. The summed E-state index contributed by atoms with van der Waals surface area (Å²) in [4.78, 5) is 0. The highest BCUT2D eigenvalue weighted by molar-refractivity contribution is 6.30. The van der Waals surface area contributed by atoms with Gasteiger partial charge in [-0.25, -0.2) is 0 Å². The molecule has 1 aromatic carbocycles. The molecule has 0 heterocycles. The Morgan fingerprint density at radius 2 is 2.00 bits per heavy atom. The maximum Gasteiger partial charge on any atom is 0.131 e. The molecule has 3 N–H and O–H groups in total. The summed E-state index contributed by atoms with van der Waals surface area (Å²) >= 11 is 5.91. The maximum atomic E-state index is 7.47. The third-order valence-corrected chi connectivity index (χ3v) is 2.97. The average Bonchev–Trinajstić information content (AvgIpc) is 2.33. The molecule has 0 bridgehead atoms. The van der Waals surface area contributed by atoms with E-state index in [-0.39, 0.29) is 5.84 Å². The van der Waals surface area contributed by atoms with Crippen LogP contribution in [0, 0.1) is 5.41 Å². The van der Waals surface area contributed by atoms with E-state index in [1.807, 2.05) is 0 Å². The summed E-state index contributed by atoms with van der Waals surface area (Å²) in [6, 6.07) is 5.15. The Morgan fingerprint density at radius 1 is 1.28 bits per heavy atom. The van der Waals surface area contributed by atoms with E-state index >= 15 is 0 Å². The first-order valence-corrected chi connectivity index (χ1v) is 6.79. The molecule has 0 saturated carbocycles. The zero-order valence-electron chi connectivity index (χ0n) is 10.8. The molecule has 0 saturated heterocycles. The van der Waals surface area contributed by atoms with Gasteiger partial charge < -0.3 is 10.5 Å². The lowest BCUT2D eigenvalue weighted by atomic mass is 10.1. The van der Waals surface area contributed by atoms with Crippen LogP contribution in [-0.4, -0.2) is 12.4 Å². The number of ether oxygens (including phenoxy) is 1. The zero-order valence-corrected chi connectivity index (χ0v) is 11.6. The van der Waals surface area contributed by atoms with Crippen LogP contribution in [0.5, 0.6) is 5.75 Å². The van der Waals surface area contributed by atoms with Crippen molar-refractivity contribution < 1.29 is 4.74 Å². The summed E-state index contributed by atoms with van der Waals surface area (Å²) < 4.78 is 5.65. The minimum absolute atomic E-state index is 0.00708. The number of nitrogens with one attached hydrogen (secondary N) is 1. The number of amidine groups is 1. The second-order valence-electron chi connectivity index (χ2n) is 4.32. The van der Waals surface area contributed by atoms with Crippen molar-refractivity contribution in [3.8, 4) is 5.75 Å². The van der Waals surface area contributed by atoms with E-state index in [1.54, 1.807) is 18.2 Å². The Balaban J connectivity index is 2.45. The number of unbranched alkanes of at least 4 members (excludes halogenated alkanes) is 4. The molecule has 1 aromatic rings. The van der Waals surface area contributed by atoms with E-state index < -0.39 is 0 Å². The second-order valence-corrected chi connectivity index (χ2v) is 4.75. The highest BCUT2D eigenvalue weighted by Gasteiger charge is 2.07. The number of hydrogen-bond acceptors (Lipinski definition) is 2. The molecule has 0 atom stereocenters. The van der Waals surface area contributed by atoms with Crippen LogP contribution in [0.1, 0.15) is 44.6 Å². The molecule has 0 aliphatic heterocycles. The highest BCUT2D eigenvalue weighted by Crippen LogP contribution is 2.23. The van der Waals surface area contributed by atoms with Gasteiger partial charge in [-0.1, -0.05) is 44.2 Å². The largest absolute Gasteiger partial charge is 0.493 e. The van der Waals surface area contributed by atoms with Crippen LogP contribution in [0.3, 0.4) is 0 Å². The smallest absolute Gasteiger partial charge is 0.131 e. The van der Waals surface area contributed by atoms with E-state index in [1.165, 1.54) is 25.7 Å². The minimum atomic E-state index is 0.00708. The first kappa shape index (κ1) is 14.8. The van der Waals surface area contributed by atoms with Crippen LogP contribution in [-0.2, 0) is 0 Å². The predicted molar refractivity (Wildman–Crippen MR) is 76.7 cm³/mol. The van der Waals surface area contributed by atoms with Crippen molar-refractivity contribution >= 4 is 17.4 Å². The third-order valence-electron chi connectivity index (χ3n) is 2.74. The third kappa shape index (κ3) is 4.96. The minimum Gasteiger partial charge on any atom is -0.493 e. The van der Waals surface area contributed by atoms with Gasteiger partial charge in [-0.3, -0.25) is 5.41 Å². The number of halogens is 1. The normalized spacial score (nSPS) is 10.3. The number of rotatable bonds is 8.